The van der Waals surface area contributed by atoms with Crippen LogP contribution in [0, 0.1) is 0 Å². The summed E-state index contributed by atoms with van der Waals surface area (Å²) in [7, 11) is -1.24. The van der Waals surface area contributed by atoms with Gasteiger partial charge in [-0.15, -0.1) is 36.6 Å². The van der Waals surface area contributed by atoms with E-state index in [1.807, 2.05) is 0 Å². The van der Waals surface area contributed by atoms with Crippen molar-refractivity contribution in [3.05, 3.63) is 46.0 Å². The molecule has 1 aromatic carbocycles. The molecule has 2 aliphatic heterocycles. The first-order chi connectivity index (χ1) is 8.95. The van der Waals surface area contributed by atoms with E-state index in [0.29, 0.717) is 0 Å². The molecule has 2 aliphatic rings. The molecule has 5 heteroatoms. The number of fused-ring (bicyclic) bond motifs is 3. The van der Waals surface area contributed by atoms with Crippen molar-refractivity contribution in [2.24, 2.45) is 0 Å². The normalized spacial score (nSPS) is 15.4. The van der Waals surface area contributed by atoms with Crippen molar-refractivity contribution >= 4 is 71.2 Å². The molecule has 0 aromatic heterocycles. The Labute approximate surface area is 138 Å². The van der Waals surface area contributed by atoms with Crippen molar-refractivity contribution in [3.8, 4) is 0 Å². The van der Waals surface area contributed by atoms with Crippen molar-refractivity contribution < 1.29 is 0 Å². The molecule has 1 aromatic rings. The van der Waals surface area contributed by atoms with Gasteiger partial charge in [0.15, 0.2) is 0 Å². The molecule has 0 atom stereocenters. The topological polar surface area (TPSA) is 28.2 Å². The summed E-state index contributed by atoms with van der Waals surface area (Å²) in [4.78, 5) is 4.74. The van der Waals surface area contributed by atoms with E-state index in [-0.39, 0.29) is 0 Å². The van der Waals surface area contributed by atoms with Gasteiger partial charge in [-0.2, -0.15) is 0 Å². The van der Waals surface area contributed by atoms with E-state index in [9.17, 15) is 0 Å². The van der Waals surface area contributed by atoms with Crippen molar-refractivity contribution in [2.45, 2.75) is 9.88 Å². The van der Waals surface area contributed by atoms with Crippen LogP contribution in [-0.2, 0) is 0 Å². The van der Waals surface area contributed by atoms with Gasteiger partial charge in [-0.1, -0.05) is 24.3 Å². The van der Waals surface area contributed by atoms with Crippen LogP contribution in [0.2, 0.25) is 9.88 Å². The molecule has 0 aliphatic carbocycles. The molecule has 0 spiro atoms. The van der Waals surface area contributed by atoms with Gasteiger partial charge in [0.25, 0.3) is 0 Å². The van der Waals surface area contributed by atoms with Crippen LogP contribution in [-0.4, -0.2) is 23.5 Å². The van der Waals surface area contributed by atoms with Crippen LogP contribution < -0.4 is 0 Å². The average Bonchev–Trinajstić information content (AvgIpc) is 2.37. The Morgan fingerprint density at radius 3 is 1.63 bits per heavy atom. The molecule has 19 heavy (non-hydrogen) atoms. The molecular formula is C14H16I2N2Sn-2. The van der Waals surface area contributed by atoms with Crippen LogP contribution in [0.1, 0.15) is 11.1 Å². The maximum atomic E-state index is 4.49. The zero-order chi connectivity index (χ0) is 13.9. The molecule has 0 amide bonds. The Kier molecular flexibility index (Phi) is 5.88. The molecule has 0 bridgehead atoms. The Bertz CT molecular complexity index is 472. The van der Waals surface area contributed by atoms with Gasteiger partial charge in [-0.05, 0) is 11.1 Å². The van der Waals surface area contributed by atoms with Crippen LogP contribution in [0.25, 0.3) is 22.8 Å². The second-order valence-corrected chi connectivity index (χ2v) is 62.4. The molecule has 0 N–H and O–H groups in total. The predicted octanol–water partition coefficient (Wildman–Crippen LogP) is 6.31. The van der Waals surface area contributed by atoms with Gasteiger partial charge >= 0.3 is 57.6 Å². The first-order valence-corrected chi connectivity index (χ1v) is 28.5. The van der Waals surface area contributed by atoms with Crippen LogP contribution in [0.5, 0.6) is 0 Å². The second-order valence-electron chi connectivity index (χ2n) is 4.75. The number of benzene rings is 1. The summed E-state index contributed by atoms with van der Waals surface area (Å²) < 4.78 is 0. The minimum absolute atomic E-state index is 0.780. The van der Waals surface area contributed by atoms with E-state index in [0.717, 1.165) is 24.5 Å². The molecule has 2 heterocycles. The Balaban J connectivity index is 0.000000232. The first kappa shape index (κ1) is 15.9. The summed E-state index contributed by atoms with van der Waals surface area (Å²) in [6.07, 6.45) is 8.40. The summed E-state index contributed by atoms with van der Waals surface area (Å²) in [6.45, 7) is 1.56. The summed E-state index contributed by atoms with van der Waals surface area (Å²) in [5.74, 6) is 0. The SMILES string of the molecule is C1=Cc2ccc3c(c2[N-]C1)[N-]CC=C3.[CH3][Sn]([CH3])([I])[I]. The number of hydrogen-bond donors (Lipinski definition) is 0. The molecule has 0 unspecified atom stereocenters. The summed E-state index contributed by atoms with van der Waals surface area (Å²) in [5, 5.41) is 8.98. The van der Waals surface area contributed by atoms with E-state index in [4.69, 9.17) is 0 Å². The van der Waals surface area contributed by atoms with E-state index in [1.165, 1.54) is 11.1 Å². The second kappa shape index (κ2) is 7.02. The van der Waals surface area contributed by atoms with Gasteiger partial charge in [-0.3, -0.25) is 0 Å². The van der Waals surface area contributed by atoms with E-state index >= 15 is 0 Å². The fraction of sp³-hybridized carbons (Fsp3) is 0.286. The number of hydrogen-bond acceptors (Lipinski definition) is 0. The molecule has 0 fully saturated rings. The monoisotopic (exact) mass is 586 g/mol. The van der Waals surface area contributed by atoms with Crippen LogP contribution in [0.3, 0.4) is 0 Å². The summed E-state index contributed by atoms with van der Waals surface area (Å²) in [6, 6.07) is 4.22. The fourth-order valence-corrected chi connectivity index (χ4v) is 1.86. The molecule has 0 saturated carbocycles. The van der Waals surface area contributed by atoms with E-state index in [2.05, 4.69) is 94.2 Å². The summed E-state index contributed by atoms with van der Waals surface area (Å²) >= 11 is 5.15. The van der Waals surface area contributed by atoms with Crippen LogP contribution in [0.4, 0.5) is 11.4 Å². The third-order valence-corrected chi connectivity index (χ3v) is 2.52. The fourth-order valence-electron chi connectivity index (χ4n) is 1.86. The third-order valence-electron chi connectivity index (χ3n) is 2.52. The van der Waals surface area contributed by atoms with Gasteiger partial charge in [0.05, 0.1) is 0 Å². The average molecular weight is 585 g/mol. The first-order valence-electron chi connectivity index (χ1n) is 6.18. The third kappa shape index (κ3) is 5.11. The van der Waals surface area contributed by atoms with Crippen molar-refractivity contribution in [3.63, 3.8) is 0 Å². The van der Waals surface area contributed by atoms with Crippen molar-refractivity contribution in [1.82, 2.24) is 0 Å². The van der Waals surface area contributed by atoms with Crippen LogP contribution in [0.15, 0.2) is 24.3 Å². The quantitative estimate of drug-likeness (QED) is 0.253. The van der Waals surface area contributed by atoms with Crippen molar-refractivity contribution in [2.75, 3.05) is 13.1 Å². The van der Waals surface area contributed by atoms with Crippen LogP contribution >= 0.6 is 37.3 Å². The molecule has 3 rings (SSSR count). The molecule has 2 nitrogen and oxygen atoms in total. The zero-order valence-corrected chi connectivity index (χ0v) is 18.2. The van der Waals surface area contributed by atoms with Gasteiger partial charge < -0.3 is 10.6 Å². The molecule has 0 radical (unpaired) electrons. The Hall–Kier alpha value is 0.559. The van der Waals surface area contributed by atoms with Gasteiger partial charge in [0, 0.05) is 0 Å². The van der Waals surface area contributed by atoms with E-state index < -0.39 is 10.4 Å². The maximum absolute atomic E-state index is 4.49. The van der Waals surface area contributed by atoms with Gasteiger partial charge in [-0.25, -0.2) is 0 Å². The zero-order valence-electron chi connectivity index (χ0n) is 11.0. The Morgan fingerprint density at radius 1 is 0.895 bits per heavy atom. The Morgan fingerprint density at radius 2 is 1.26 bits per heavy atom. The predicted molar refractivity (Wildman–Crippen MR) is 106 cm³/mol. The molecule has 0 saturated heterocycles. The number of rotatable bonds is 0. The summed E-state index contributed by atoms with van der Waals surface area (Å²) in [5.41, 5.74) is 4.51. The molecular weight excluding hydrogens is 569 g/mol. The van der Waals surface area contributed by atoms with Gasteiger partial charge in [0.1, 0.15) is 0 Å². The molecule has 102 valence electrons. The number of nitrogens with zero attached hydrogens (tertiary/aromatic N) is 2. The van der Waals surface area contributed by atoms with E-state index in [1.54, 1.807) is 0 Å². The van der Waals surface area contributed by atoms with Crippen molar-refractivity contribution in [1.29, 1.82) is 0 Å². The van der Waals surface area contributed by atoms with Gasteiger partial charge in [0.2, 0.25) is 0 Å². The standard InChI is InChI=1S/C12H10N2.2CH3.2HI.Sn/c1-3-9-5-6-10-4-2-8-14-12(10)11(9)13-7-1;;;;;/h1-6H,7-8H2;2*1H3;2*1H;/q-2;;;;;+2/p-2. The number of halogens is 2. The minimum atomic E-state index is -1.24.